The third-order valence-electron chi connectivity index (χ3n) is 2.65. The fourth-order valence-corrected chi connectivity index (χ4v) is 2.52. The van der Waals surface area contributed by atoms with Crippen LogP contribution in [-0.4, -0.2) is 12.0 Å². The maximum Gasteiger partial charge on any atom is 0.269 e. The van der Waals surface area contributed by atoms with Crippen LogP contribution < -0.4 is 5.32 Å². The van der Waals surface area contributed by atoms with Gasteiger partial charge in [-0.1, -0.05) is 17.8 Å². The molecular weight excluding hydrogens is 279 g/mol. The van der Waals surface area contributed by atoms with Crippen LogP contribution in [0, 0.1) is 15.9 Å². The Hall–Kier alpha value is -1.92. The Bertz CT molecular complexity index is 617. The number of hydrogen-bond acceptors (Lipinski definition) is 4. The Morgan fingerprint density at radius 3 is 2.50 bits per heavy atom. The van der Waals surface area contributed by atoms with E-state index in [0.29, 0.717) is 11.4 Å². The first-order chi connectivity index (χ1) is 9.60. The first-order valence-electron chi connectivity index (χ1n) is 5.95. The van der Waals surface area contributed by atoms with Gasteiger partial charge in [0.25, 0.3) is 5.69 Å². The molecular formula is C14H13FN2O2S. The molecule has 2 rings (SSSR count). The van der Waals surface area contributed by atoms with E-state index in [1.807, 2.05) is 6.07 Å². The normalized spacial score (nSPS) is 10.5. The number of nitro groups is 1. The minimum absolute atomic E-state index is 0.0270. The van der Waals surface area contributed by atoms with Crippen molar-refractivity contribution in [1.82, 2.24) is 5.32 Å². The highest BCUT2D eigenvalue weighted by Crippen LogP contribution is 2.31. The molecule has 0 aliphatic heterocycles. The van der Waals surface area contributed by atoms with Crippen LogP contribution in [0.25, 0.3) is 0 Å². The molecule has 0 aromatic heterocycles. The Morgan fingerprint density at radius 2 is 1.95 bits per heavy atom. The number of non-ortho nitro benzene ring substituents is 1. The molecule has 2 aromatic rings. The fraction of sp³-hybridized carbons (Fsp3) is 0.143. The Labute approximate surface area is 120 Å². The summed E-state index contributed by atoms with van der Waals surface area (Å²) >= 11 is 1.24. The van der Waals surface area contributed by atoms with Gasteiger partial charge in [0.2, 0.25) is 0 Å². The van der Waals surface area contributed by atoms with Crippen molar-refractivity contribution in [2.45, 2.75) is 16.3 Å². The summed E-state index contributed by atoms with van der Waals surface area (Å²) in [6.07, 6.45) is 0. The van der Waals surface area contributed by atoms with Crippen LogP contribution in [0.3, 0.4) is 0 Å². The third-order valence-corrected chi connectivity index (χ3v) is 3.71. The standard InChI is InChI=1S/C14H13FN2O2S/c1-16-9-10-2-7-14(13(15)8-10)20-12-5-3-11(4-6-12)17(18)19/h2-8,16H,9H2,1H3. The molecule has 2 aromatic carbocycles. The Balaban J connectivity index is 2.15. The predicted molar refractivity (Wildman–Crippen MR) is 76.4 cm³/mol. The molecule has 4 nitrogen and oxygen atoms in total. The summed E-state index contributed by atoms with van der Waals surface area (Å²) in [6.45, 7) is 0.611. The molecule has 0 atom stereocenters. The summed E-state index contributed by atoms with van der Waals surface area (Å²) in [5.41, 5.74) is 0.900. The van der Waals surface area contributed by atoms with E-state index in [0.717, 1.165) is 10.5 Å². The van der Waals surface area contributed by atoms with Crippen molar-refractivity contribution in [1.29, 1.82) is 0 Å². The second kappa shape index (κ2) is 6.49. The van der Waals surface area contributed by atoms with E-state index in [9.17, 15) is 14.5 Å². The van der Waals surface area contributed by atoms with Gasteiger partial charge in [0.05, 0.1) is 4.92 Å². The molecule has 0 bridgehead atoms. The van der Waals surface area contributed by atoms with Gasteiger partial charge >= 0.3 is 0 Å². The largest absolute Gasteiger partial charge is 0.316 e. The topological polar surface area (TPSA) is 55.2 Å². The highest BCUT2D eigenvalue weighted by atomic mass is 32.2. The Morgan fingerprint density at radius 1 is 1.25 bits per heavy atom. The summed E-state index contributed by atoms with van der Waals surface area (Å²) in [5, 5.41) is 13.5. The van der Waals surface area contributed by atoms with Crippen molar-refractivity contribution < 1.29 is 9.31 Å². The van der Waals surface area contributed by atoms with Crippen molar-refractivity contribution in [2.75, 3.05) is 7.05 Å². The summed E-state index contributed by atoms with van der Waals surface area (Å²) in [6, 6.07) is 11.1. The number of nitro benzene ring substituents is 1. The summed E-state index contributed by atoms with van der Waals surface area (Å²) in [4.78, 5) is 11.4. The maximum atomic E-state index is 13.9. The Kier molecular flexibility index (Phi) is 4.70. The molecule has 0 heterocycles. The van der Waals surface area contributed by atoms with E-state index in [1.165, 1.54) is 30.0 Å². The molecule has 6 heteroatoms. The van der Waals surface area contributed by atoms with Gasteiger partial charge in [-0.3, -0.25) is 10.1 Å². The molecule has 0 saturated heterocycles. The number of benzene rings is 2. The third kappa shape index (κ3) is 3.55. The number of hydrogen-bond donors (Lipinski definition) is 1. The summed E-state index contributed by atoms with van der Waals surface area (Å²) < 4.78 is 13.9. The van der Waals surface area contributed by atoms with Crippen molar-refractivity contribution in [3.05, 3.63) is 64.0 Å². The highest BCUT2D eigenvalue weighted by molar-refractivity contribution is 7.99. The predicted octanol–water partition coefficient (Wildman–Crippen LogP) is 3.60. The average Bonchev–Trinajstić information content (AvgIpc) is 2.43. The quantitative estimate of drug-likeness (QED) is 0.675. The van der Waals surface area contributed by atoms with Crippen LogP contribution >= 0.6 is 11.8 Å². The zero-order chi connectivity index (χ0) is 14.5. The molecule has 0 fully saturated rings. The minimum atomic E-state index is -0.457. The average molecular weight is 292 g/mol. The van der Waals surface area contributed by atoms with E-state index in [-0.39, 0.29) is 11.5 Å². The van der Waals surface area contributed by atoms with Crippen LogP contribution in [0.15, 0.2) is 52.3 Å². The number of rotatable bonds is 5. The molecule has 0 radical (unpaired) electrons. The van der Waals surface area contributed by atoms with E-state index in [2.05, 4.69) is 5.32 Å². The molecule has 0 aliphatic rings. The van der Waals surface area contributed by atoms with E-state index in [1.54, 1.807) is 25.2 Å². The van der Waals surface area contributed by atoms with Gasteiger partial charge in [0, 0.05) is 28.5 Å². The number of nitrogens with one attached hydrogen (secondary N) is 1. The van der Waals surface area contributed by atoms with Crippen molar-refractivity contribution >= 4 is 17.4 Å². The SMILES string of the molecule is CNCc1ccc(Sc2ccc([N+](=O)[O-])cc2)c(F)c1. The van der Waals surface area contributed by atoms with Crippen LogP contribution in [0.5, 0.6) is 0 Å². The van der Waals surface area contributed by atoms with Crippen LogP contribution in [-0.2, 0) is 6.54 Å². The number of nitrogens with zero attached hydrogens (tertiary/aromatic N) is 1. The van der Waals surface area contributed by atoms with Crippen LogP contribution in [0.4, 0.5) is 10.1 Å². The van der Waals surface area contributed by atoms with E-state index in [4.69, 9.17) is 0 Å². The van der Waals surface area contributed by atoms with Gasteiger partial charge in [0.15, 0.2) is 0 Å². The lowest BCUT2D eigenvalue weighted by atomic mass is 10.2. The molecule has 1 N–H and O–H groups in total. The molecule has 104 valence electrons. The van der Waals surface area contributed by atoms with Gasteiger partial charge < -0.3 is 5.32 Å². The molecule has 0 saturated carbocycles. The molecule has 0 unspecified atom stereocenters. The first-order valence-corrected chi connectivity index (χ1v) is 6.77. The number of halogens is 1. The smallest absolute Gasteiger partial charge is 0.269 e. The molecule has 0 aliphatic carbocycles. The lowest BCUT2D eigenvalue weighted by Gasteiger charge is -2.06. The zero-order valence-electron chi connectivity index (χ0n) is 10.8. The second-order valence-electron chi connectivity index (χ2n) is 4.15. The summed E-state index contributed by atoms with van der Waals surface area (Å²) in [7, 11) is 1.80. The second-order valence-corrected chi connectivity index (χ2v) is 5.26. The minimum Gasteiger partial charge on any atom is -0.316 e. The lowest BCUT2D eigenvalue weighted by molar-refractivity contribution is -0.384. The lowest BCUT2D eigenvalue weighted by Crippen LogP contribution is -2.05. The van der Waals surface area contributed by atoms with Gasteiger partial charge in [-0.25, -0.2) is 4.39 Å². The molecule has 0 amide bonds. The molecule has 0 spiro atoms. The van der Waals surface area contributed by atoms with Crippen LogP contribution in [0.2, 0.25) is 0 Å². The first kappa shape index (κ1) is 14.5. The van der Waals surface area contributed by atoms with Crippen molar-refractivity contribution in [3.8, 4) is 0 Å². The molecule has 20 heavy (non-hydrogen) atoms. The summed E-state index contributed by atoms with van der Waals surface area (Å²) in [5.74, 6) is -0.291. The van der Waals surface area contributed by atoms with Crippen molar-refractivity contribution in [3.63, 3.8) is 0 Å². The van der Waals surface area contributed by atoms with E-state index >= 15 is 0 Å². The van der Waals surface area contributed by atoms with Gasteiger partial charge in [-0.15, -0.1) is 0 Å². The fourth-order valence-electron chi connectivity index (χ4n) is 1.70. The zero-order valence-corrected chi connectivity index (χ0v) is 11.6. The van der Waals surface area contributed by atoms with Gasteiger partial charge in [0.1, 0.15) is 5.82 Å². The van der Waals surface area contributed by atoms with Crippen LogP contribution in [0.1, 0.15) is 5.56 Å². The maximum absolute atomic E-state index is 13.9. The van der Waals surface area contributed by atoms with Gasteiger partial charge in [-0.2, -0.15) is 0 Å². The van der Waals surface area contributed by atoms with E-state index < -0.39 is 4.92 Å². The van der Waals surface area contributed by atoms with Gasteiger partial charge in [-0.05, 0) is 36.9 Å². The highest BCUT2D eigenvalue weighted by Gasteiger charge is 2.08. The monoisotopic (exact) mass is 292 g/mol. The van der Waals surface area contributed by atoms with Crippen molar-refractivity contribution in [2.24, 2.45) is 0 Å².